The molecule has 0 unspecified atom stereocenters. The van der Waals surface area contributed by atoms with Gasteiger partial charge in [-0.15, -0.1) is 0 Å². The summed E-state index contributed by atoms with van der Waals surface area (Å²) >= 11 is 7.06. The maximum absolute atomic E-state index is 10.8. The number of hydrogen-bond acceptors (Lipinski definition) is 3. The van der Waals surface area contributed by atoms with Crippen molar-refractivity contribution in [1.82, 2.24) is 0 Å². The first kappa shape index (κ1) is 11.1. The van der Waals surface area contributed by atoms with Crippen molar-refractivity contribution in [3.05, 3.63) is 47.2 Å². The van der Waals surface area contributed by atoms with E-state index in [1.165, 1.54) is 24.1 Å². The van der Waals surface area contributed by atoms with Gasteiger partial charge in [-0.2, -0.15) is 0 Å². The fourth-order valence-corrected chi connectivity index (χ4v) is 2.34. The van der Waals surface area contributed by atoms with Crippen LogP contribution in [0.25, 0.3) is 0 Å². The fraction of sp³-hybridized carbons (Fsp3) is 0. The van der Waals surface area contributed by atoms with Crippen LogP contribution in [-0.4, -0.2) is 11.1 Å². The van der Waals surface area contributed by atoms with E-state index in [4.69, 9.17) is 21.1 Å². The molecule has 0 radical (unpaired) electrons. The summed E-state index contributed by atoms with van der Waals surface area (Å²) in [4.78, 5) is 11.7. The van der Waals surface area contributed by atoms with Crippen LogP contribution in [0.2, 0.25) is 5.02 Å². The van der Waals surface area contributed by atoms with Crippen LogP contribution in [0.3, 0.4) is 0 Å². The van der Waals surface area contributed by atoms with Crippen LogP contribution in [0, 0.1) is 0 Å². The average Bonchev–Trinajstić information content (AvgIpc) is 2.66. The highest BCUT2D eigenvalue weighted by Crippen LogP contribution is 2.32. The lowest BCUT2D eigenvalue weighted by Gasteiger charge is -1.99. The van der Waals surface area contributed by atoms with Gasteiger partial charge in [0.15, 0.2) is 5.09 Å². The van der Waals surface area contributed by atoms with E-state index >= 15 is 0 Å². The van der Waals surface area contributed by atoms with E-state index in [9.17, 15) is 4.79 Å². The molecule has 3 nitrogen and oxygen atoms in total. The maximum atomic E-state index is 10.8. The summed E-state index contributed by atoms with van der Waals surface area (Å²) in [6.45, 7) is 0. The SMILES string of the molecule is O=C(O)c1ccoc1Sc1cccc(Cl)c1. The summed E-state index contributed by atoms with van der Waals surface area (Å²) in [7, 11) is 0. The van der Waals surface area contributed by atoms with Crippen molar-refractivity contribution in [1.29, 1.82) is 0 Å². The molecule has 0 bridgehead atoms. The summed E-state index contributed by atoms with van der Waals surface area (Å²) in [5, 5.41) is 9.85. The van der Waals surface area contributed by atoms with Crippen LogP contribution in [-0.2, 0) is 0 Å². The molecule has 82 valence electrons. The van der Waals surface area contributed by atoms with E-state index in [2.05, 4.69) is 0 Å². The second-order valence-electron chi connectivity index (χ2n) is 2.99. The Hall–Kier alpha value is -1.39. The molecule has 0 aliphatic rings. The minimum absolute atomic E-state index is 0.157. The van der Waals surface area contributed by atoms with E-state index in [-0.39, 0.29) is 5.56 Å². The Morgan fingerprint density at radius 1 is 1.38 bits per heavy atom. The van der Waals surface area contributed by atoms with E-state index < -0.39 is 5.97 Å². The van der Waals surface area contributed by atoms with Crippen molar-refractivity contribution in [2.75, 3.05) is 0 Å². The van der Waals surface area contributed by atoms with Gasteiger partial charge in [-0.3, -0.25) is 0 Å². The van der Waals surface area contributed by atoms with Crippen molar-refractivity contribution in [3.63, 3.8) is 0 Å². The van der Waals surface area contributed by atoms with Crippen LogP contribution in [0.15, 0.2) is 51.0 Å². The van der Waals surface area contributed by atoms with Crippen molar-refractivity contribution >= 4 is 29.3 Å². The molecule has 0 amide bonds. The van der Waals surface area contributed by atoms with E-state index in [1.54, 1.807) is 18.2 Å². The molecule has 0 saturated carbocycles. The van der Waals surface area contributed by atoms with Gasteiger partial charge in [-0.1, -0.05) is 29.4 Å². The Labute approximate surface area is 101 Å². The largest absolute Gasteiger partial charge is 0.478 e. The third-order valence-corrected chi connectivity index (χ3v) is 3.09. The minimum atomic E-state index is -1.00. The number of rotatable bonds is 3. The highest BCUT2D eigenvalue weighted by Gasteiger charge is 2.14. The molecule has 2 rings (SSSR count). The van der Waals surface area contributed by atoms with Gasteiger partial charge in [0, 0.05) is 9.92 Å². The van der Waals surface area contributed by atoms with Crippen molar-refractivity contribution < 1.29 is 14.3 Å². The summed E-state index contributed by atoms with van der Waals surface area (Å²) in [6.07, 6.45) is 1.36. The lowest BCUT2D eigenvalue weighted by atomic mass is 10.3. The number of hydrogen-bond donors (Lipinski definition) is 1. The third kappa shape index (κ3) is 2.40. The van der Waals surface area contributed by atoms with Crippen LogP contribution in [0.4, 0.5) is 0 Å². The van der Waals surface area contributed by atoms with E-state index in [1.807, 2.05) is 6.07 Å². The lowest BCUT2D eigenvalue weighted by Crippen LogP contribution is -1.94. The lowest BCUT2D eigenvalue weighted by molar-refractivity contribution is 0.0690. The van der Waals surface area contributed by atoms with E-state index in [0.717, 1.165) is 4.90 Å². The smallest absolute Gasteiger partial charge is 0.340 e. The maximum Gasteiger partial charge on any atom is 0.340 e. The number of carbonyl (C=O) groups is 1. The molecular weight excluding hydrogens is 248 g/mol. The Morgan fingerprint density at radius 3 is 2.88 bits per heavy atom. The predicted molar refractivity (Wildman–Crippen MR) is 61.2 cm³/mol. The molecule has 1 aromatic heterocycles. The number of furan rings is 1. The topological polar surface area (TPSA) is 50.4 Å². The molecule has 2 aromatic rings. The molecule has 0 spiro atoms. The van der Waals surface area contributed by atoms with Crippen molar-refractivity contribution in [3.8, 4) is 0 Å². The molecular formula is C11H7ClO3S. The zero-order valence-corrected chi connectivity index (χ0v) is 9.59. The molecule has 0 aliphatic heterocycles. The predicted octanol–water partition coefficient (Wildman–Crippen LogP) is 3.78. The summed E-state index contributed by atoms with van der Waals surface area (Å²) in [6, 6.07) is 8.57. The van der Waals surface area contributed by atoms with Gasteiger partial charge >= 0.3 is 5.97 Å². The molecule has 0 aliphatic carbocycles. The Morgan fingerprint density at radius 2 is 2.19 bits per heavy atom. The van der Waals surface area contributed by atoms with Crippen molar-refractivity contribution in [2.45, 2.75) is 9.99 Å². The zero-order chi connectivity index (χ0) is 11.5. The Balaban J connectivity index is 2.27. The van der Waals surface area contributed by atoms with Gasteiger partial charge < -0.3 is 9.52 Å². The number of halogens is 1. The summed E-state index contributed by atoms with van der Waals surface area (Å²) in [5.41, 5.74) is 0.157. The first-order chi connectivity index (χ1) is 7.66. The molecule has 16 heavy (non-hydrogen) atoms. The highest BCUT2D eigenvalue weighted by atomic mass is 35.5. The van der Waals surface area contributed by atoms with E-state index in [0.29, 0.717) is 10.1 Å². The normalized spacial score (nSPS) is 10.3. The van der Waals surface area contributed by atoms with Crippen LogP contribution in [0.1, 0.15) is 10.4 Å². The average molecular weight is 255 g/mol. The molecule has 1 aromatic carbocycles. The van der Waals surface area contributed by atoms with Crippen molar-refractivity contribution in [2.24, 2.45) is 0 Å². The second-order valence-corrected chi connectivity index (χ2v) is 4.47. The first-order valence-corrected chi connectivity index (χ1v) is 5.60. The van der Waals surface area contributed by atoms with Gasteiger partial charge in [0.2, 0.25) is 0 Å². The number of benzene rings is 1. The van der Waals surface area contributed by atoms with Gasteiger partial charge in [-0.05, 0) is 24.3 Å². The first-order valence-electron chi connectivity index (χ1n) is 4.41. The molecule has 0 fully saturated rings. The molecule has 1 N–H and O–H groups in total. The van der Waals surface area contributed by atoms with Crippen LogP contribution < -0.4 is 0 Å². The molecule has 0 saturated heterocycles. The fourth-order valence-electron chi connectivity index (χ4n) is 1.17. The number of aromatic carboxylic acids is 1. The van der Waals surface area contributed by atoms with Crippen LogP contribution >= 0.6 is 23.4 Å². The number of carboxylic acid groups (broad SMARTS) is 1. The standard InChI is InChI=1S/C11H7ClO3S/c12-7-2-1-3-8(6-7)16-11-9(10(13)14)4-5-15-11/h1-6H,(H,13,14). The Bertz CT molecular complexity index is 521. The highest BCUT2D eigenvalue weighted by molar-refractivity contribution is 7.99. The van der Waals surface area contributed by atoms with Gasteiger partial charge in [0.25, 0.3) is 0 Å². The molecule has 5 heteroatoms. The monoisotopic (exact) mass is 254 g/mol. The van der Waals surface area contributed by atoms with Gasteiger partial charge in [-0.25, -0.2) is 4.79 Å². The minimum Gasteiger partial charge on any atom is -0.478 e. The zero-order valence-electron chi connectivity index (χ0n) is 8.01. The third-order valence-electron chi connectivity index (χ3n) is 1.87. The number of carboxylic acids is 1. The summed E-state index contributed by atoms with van der Waals surface area (Å²) in [5.74, 6) is -1.00. The van der Waals surface area contributed by atoms with Crippen LogP contribution in [0.5, 0.6) is 0 Å². The quantitative estimate of drug-likeness (QED) is 0.906. The van der Waals surface area contributed by atoms with Gasteiger partial charge in [0.1, 0.15) is 5.56 Å². The van der Waals surface area contributed by atoms with Gasteiger partial charge in [0.05, 0.1) is 6.26 Å². The molecule has 0 atom stereocenters. The summed E-state index contributed by atoms with van der Waals surface area (Å²) < 4.78 is 5.11. The second kappa shape index (κ2) is 4.63. The molecule has 1 heterocycles. The Kier molecular flexibility index (Phi) is 3.22.